The summed E-state index contributed by atoms with van der Waals surface area (Å²) in [5, 5.41) is 0. The maximum Gasteiger partial charge on any atom is 0.337 e. The number of ether oxygens (including phenoxy) is 1. The largest absolute Gasteiger partial charge is 0.465 e. The van der Waals surface area contributed by atoms with E-state index in [1.54, 1.807) is 12.1 Å². The van der Waals surface area contributed by atoms with E-state index in [1.165, 1.54) is 20.0 Å². The Kier molecular flexibility index (Phi) is 8.36. The van der Waals surface area contributed by atoms with Gasteiger partial charge in [0.15, 0.2) is 5.96 Å². The average molecular weight is 431 g/mol. The van der Waals surface area contributed by atoms with Crippen LogP contribution in [0.3, 0.4) is 0 Å². The molecular weight excluding hydrogens is 405 g/mol. The predicted octanol–water partition coefficient (Wildman–Crippen LogP) is 2.68. The molecule has 1 heterocycles. The molecule has 1 aromatic rings. The van der Waals surface area contributed by atoms with Crippen LogP contribution in [-0.4, -0.2) is 43.6 Å². The van der Waals surface area contributed by atoms with Crippen molar-refractivity contribution in [2.75, 3.05) is 26.7 Å². The van der Waals surface area contributed by atoms with Crippen molar-refractivity contribution >= 4 is 35.9 Å². The highest BCUT2D eigenvalue weighted by atomic mass is 127. The summed E-state index contributed by atoms with van der Waals surface area (Å²) in [5.41, 5.74) is 7.77. The van der Waals surface area contributed by atoms with Crippen molar-refractivity contribution in [3.8, 4) is 0 Å². The molecule has 128 valence electrons. The number of rotatable bonds is 4. The van der Waals surface area contributed by atoms with Crippen LogP contribution in [0.1, 0.15) is 35.7 Å². The number of methoxy groups -OCH3 is 1. The summed E-state index contributed by atoms with van der Waals surface area (Å²) >= 11 is 0. The molecule has 23 heavy (non-hydrogen) atoms. The van der Waals surface area contributed by atoms with E-state index in [1.807, 2.05) is 12.1 Å². The molecule has 0 aromatic heterocycles. The number of hydrogen-bond acceptors (Lipinski definition) is 3. The van der Waals surface area contributed by atoms with E-state index in [-0.39, 0.29) is 29.9 Å². The highest BCUT2D eigenvalue weighted by Crippen LogP contribution is 2.15. The molecule has 1 aromatic carbocycles. The van der Waals surface area contributed by atoms with Gasteiger partial charge in [0, 0.05) is 19.6 Å². The van der Waals surface area contributed by atoms with Crippen LogP contribution in [0.4, 0.5) is 0 Å². The van der Waals surface area contributed by atoms with Crippen LogP contribution in [0.25, 0.3) is 0 Å². The van der Waals surface area contributed by atoms with Gasteiger partial charge in [0.25, 0.3) is 0 Å². The van der Waals surface area contributed by atoms with Gasteiger partial charge in [0.1, 0.15) is 0 Å². The summed E-state index contributed by atoms with van der Waals surface area (Å²) in [7, 11) is 1.38. The molecule has 0 spiro atoms. The van der Waals surface area contributed by atoms with E-state index < -0.39 is 0 Å². The Bertz CT molecular complexity index is 531. The van der Waals surface area contributed by atoms with Gasteiger partial charge in [-0.3, -0.25) is 4.99 Å². The van der Waals surface area contributed by atoms with E-state index in [0.717, 1.165) is 25.1 Å². The number of benzene rings is 1. The average Bonchev–Trinajstić information content (AvgIpc) is 2.54. The summed E-state index contributed by atoms with van der Waals surface area (Å²) in [6.45, 7) is 4.92. The van der Waals surface area contributed by atoms with E-state index >= 15 is 0 Å². The van der Waals surface area contributed by atoms with Crippen molar-refractivity contribution in [3.05, 3.63) is 35.4 Å². The molecular formula is C17H26IN3O2. The summed E-state index contributed by atoms with van der Waals surface area (Å²) in [6, 6.07) is 7.42. The van der Waals surface area contributed by atoms with Crippen molar-refractivity contribution in [1.29, 1.82) is 0 Å². The van der Waals surface area contributed by atoms with E-state index in [9.17, 15) is 4.79 Å². The fraction of sp³-hybridized carbons (Fsp3) is 0.529. The molecule has 5 nitrogen and oxygen atoms in total. The van der Waals surface area contributed by atoms with Crippen molar-refractivity contribution in [2.45, 2.75) is 26.2 Å². The van der Waals surface area contributed by atoms with Crippen molar-refractivity contribution in [1.82, 2.24) is 4.90 Å². The third-order valence-corrected chi connectivity index (χ3v) is 4.03. The van der Waals surface area contributed by atoms with Gasteiger partial charge in [-0.1, -0.05) is 19.1 Å². The number of piperidine rings is 1. The normalized spacial score (nSPS) is 18.3. The minimum atomic E-state index is -0.312. The first-order chi connectivity index (χ1) is 10.6. The Morgan fingerprint density at radius 1 is 1.39 bits per heavy atom. The highest BCUT2D eigenvalue weighted by Gasteiger charge is 2.17. The Labute approximate surface area is 155 Å². The molecule has 1 aliphatic rings. The van der Waals surface area contributed by atoms with Gasteiger partial charge in [0.05, 0.1) is 12.7 Å². The fourth-order valence-electron chi connectivity index (χ4n) is 2.72. The monoisotopic (exact) mass is 431 g/mol. The Balaban J connectivity index is 0.00000264. The lowest BCUT2D eigenvalue weighted by Gasteiger charge is -2.31. The van der Waals surface area contributed by atoms with Crippen LogP contribution >= 0.6 is 24.0 Å². The fourth-order valence-corrected chi connectivity index (χ4v) is 2.72. The minimum Gasteiger partial charge on any atom is -0.465 e. The number of carbonyl (C=O) groups is 1. The minimum absolute atomic E-state index is 0. The molecule has 1 atom stereocenters. The van der Waals surface area contributed by atoms with Crippen LogP contribution < -0.4 is 5.73 Å². The first kappa shape index (κ1) is 19.7. The van der Waals surface area contributed by atoms with Crippen molar-refractivity contribution in [2.24, 2.45) is 16.6 Å². The van der Waals surface area contributed by atoms with Crippen LogP contribution in [0, 0.1) is 5.92 Å². The molecule has 1 saturated heterocycles. The Hall–Kier alpha value is -1.31. The molecule has 6 heteroatoms. The molecule has 1 fully saturated rings. The lowest BCUT2D eigenvalue weighted by Crippen LogP contribution is -2.43. The summed E-state index contributed by atoms with van der Waals surface area (Å²) in [4.78, 5) is 18.0. The van der Waals surface area contributed by atoms with Crippen LogP contribution in [-0.2, 0) is 11.2 Å². The topological polar surface area (TPSA) is 67.9 Å². The van der Waals surface area contributed by atoms with Gasteiger partial charge in [-0.2, -0.15) is 0 Å². The van der Waals surface area contributed by atoms with Gasteiger partial charge in [-0.25, -0.2) is 4.79 Å². The number of nitrogens with two attached hydrogens (primary N) is 1. The second kappa shape index (κ2) is 9.75. The van der Waals surface area contributed by atoms with Crippen molar-refractivity contribution in [3.63, 3.8) is 0 Å². The molecule has 0 aliphatic carbocycles. The molecule has 1 unspecified atom stereocenters. The number of nitrogens with zero attached hydrogens (tertiary/aromatic N) is 2. The summed E-state index contributed by atoms with van der Waals surface area (Å²) < 4.78 is 4.68. The zero-order valence-electron chi connectivity index (χ0n) is 13.8. The summed E-state index contributed by atoms with van der Waals surface area (Å²) in [5.74, 6) is 1.03. The Morgan fingerprint density at radius 2 is 2.09 bits per heavy atom. The molecule has 2 rings (SSSR count). The third-order valence-electron chi connectivity index (χ3n) is 4.03. The zero-order valence-corrected chi connectivity index (χ0v) is 16.2. The number of guanidine groups is 1. The van der Waals surface area contributed by atoms with Crippen LogP contribution in [0.5, 0.6) is 0 Å². The molecule has 1 aliphatic heterocycles. The third kappa shape index (κ3) is 6.01. The second-order valence-electron chi connectivity index (χ2n) is 5.87. The van der Waals surface area contributed by atoms with Gasteiger partial charge in [-0.15, -0.1) is 24.0 Å². The predicted molar refractivity (Wildman–Crippen MR) is 103 cm³/mol. The van der Waals surface area contributed by atoms with Gasteiger partial charge in [0.2, 0.25) is 0 Å². The van der Waals surface area contributed by atoms with Gasteiger partial charge < -0.3 is 15.4 Å². The molecule has 0 radical (unpaired) electrons. The number of halogens is 1. The first-order valence-corrected chi connectivity index (χ1v) is 7.82. The maximum atomic E-state index is 11.4. The number of carbonyl (C=O) groups excluding carboxylic acids is 1. The van der Waals surface area contributed by atoms with Crippen LogP contribution in [0.2, 0.25) is 0 Å². The highest BCUT2D eigenvalue weighted by molar-refractivity contribution is 14.0. The van der Waals surface area contributed by atoms with Crippen LogP contribution in [0.15, 0.2) is 29.3 Å². The standard InChI is InChI=1S/C17H25N3O2.HI/c1-13-4-3-11-20(12-13)17(18)19-10-9-14-5-7-15(8-6-14)16(21)22-2;/h5-8,13H,3-4,9-12H2,1-2H3,(H2,18,19);1H. The molecule has 0 amide bonds. The number of likely N-dealkylation sites (tertiary alicyclic amines) is 1. The van der Waals surface area contributed by atoms with Gasteiger partial charge in [-0.05, 0) is 42.9 Å². The number of esters is 1. The maximum absolute atomic E-state index is 11.4. The first-order valence-electron chi connectivity index (χ1n) is 7.82. The van der Waals surface area contributed by atoms with Gasteiger partial charge >= 0.3 is 5.97 Å². The molecule has 0 bridgehead atoms. The quantitative estimate of drug-likeness (QED) is 0.345. The zero-order chi connectivity index (χ0) is 15.9. The molecule has 0 saturated carbocycles. The number of hydrogen-bond donors (Lipinski definition) is 1. The number of aliphatic imine (C=N–C) groups is 1. The van der Waals surface area contributed by atoms with Crippen molar-refractivity contribution < 1.29 is 9.53 Å². The lowest BCUT2D eigenvalue weighted by atomic mass is 10.0. The molecule has 2 N–H and O–H groups in total. The summed E-state index contributed by atoms with van der Waals surface area (Å²) in [6.07, 6.45) is 3.27. The second-order valence-corrected chi connectivity index (χ2v) is 5.87. The lowest BCUT2D eigenvalue weighted by molar-refractivity contribution is 0.0600. The van der Waals surface area contributed by atoms with E-state index in [0.29, 0.717) is 24.0 Å². The smallest absolute Gasteiger partial charge is 0.337 e. The van der Waals surface area contributed by atoms with E-state index in [4.69, 9.17) is 5.73 Å². The Morgan fingerprint density at radius 3 is 2.70 bits per heavy atom. The van der Waals surface area contributed by atoms with E-state index in [2.05, 4.69) is 21.6 Å². The SMILES string of the molecule is COC(=O)c1ccc(CCN=C(N)N2CCCC(C)C2)cc1.I.